The van der Waals surface area contributed by atoms with Crippen LogP contribution in [0.4, 0.5) is 5.69 Å². The maximum absolute atomic E-state index is 12.7. The summed E-state index contributed by atoms with van der Waals surface area (Å²) in [7, 11) is 0. The Morgan fingerprint density at radius 3 is 2.71 bits per heavy atom. The van der Waals surface area contributed by atoms with Crippen LogP contribution in [0.3, 0.4) is 0 Å². The fraction of sp³-hybridized carbons (Fsp3) is 0.0500. The number of hydrogen-bond acceptors (Lipinski definition) is 5. The van der Waals surface area contributed by atoms with E-state index in [2.05, 4.69) is 20.3 Å². The molecule has 1 amide bonds. The average Bonchev–Trinajstić information content (AvgIpc) is 2.71. The van der Waals surface area contributed by atoms with Gasteiger partial charge in [-0.25, -0.2) is 4.79 Å². The molecular weight excluding hydrogens is 358 g/mol. The number of aromatic nitrogens is 4. The Kier molecular flexibility index (Phi) is 4.51. The van der Waals surface area contributed by atoms with E-state index in [0.717, 1.165) is 21.7 Å². The molecule has 0 saturated carbocycles. The second-order valence-corrected chi connectivity index (χ2v) is 6.08. The summed E-state index contributed by atoms with van der Waals surface area (Å²) >= 11 is 0. The van der Waals surface area contributed by atoms with E-state index in [-0.39, 0.29) is 12.1 Å². The molecule has 1 aromatic carbocycles. The van der Waals surface area contributed by atoms with E-state index < -0.39 is 17.2 Å². The summed E-state index contributed by atoms with van der Waals surface area (Å²) in [6.45, 7) is -0.0300. The van der Waals surface area contributed by atoms with Gasteiger partial charge in [-0.1, -0.05) is 12.1 Å². The molecular formula is C20H15N5O3. The number of aromatic amines is 1. The van der Waals surface area contributed by atoms with Crippen molar-refractivity contribution in [2.75, 3.05) is 5.32 Å². The maximum atomic E-state index is 12.7. The summed E-state index contributed by atoms with van der Waals surface area (Å²) in [4.78, 5) is 48.1. The number of carbonyl (C=O) groups excluding carboxylic acids is 1. The number of fused-ring (bicyclic) bond motifs is 1. The molecule has 0 aliphatic heterocycles. The highest BCUT2D eigenvalue weighted by Crippen LogP contribution is 2.17. The van der Waals surface area contributed by atoms with Gasteiger partial charge < -0.3 is 10.3 Å². The van der Waals surface area contributed by atoms with Gasteiger partial charge in [0.2, 0.25) is 0 Å². The van der Waals surface area contributed by atoms with Gasteiger partial charge in [0.1, 0.15) is 5.56 Å². The van der Waals surface area contributed by atoms with Gasteiger partial charge in [0.15, 0.2) is 0 Å². The van der Waals surface area contributed by atoms with Crippen LogP contribution in [0.25, 0.3) is 10.9 Å². The Bertz CT molecular complexity index is 1280. The van der Waals surface area contributed by atoms with Crippen molar-refractivity contribution < 1.29 is 4.79 Å². The summed E-state index contributed by atoms with van der Waals surface area (Å²) in [6.07, 6.45) is 4.38. The second kappa shape index (κ2) is 7.28. The van der Waals surface area contributed by atoms with Crippen LogP contribution < -0.4 is 16.6 Å². The summed E-state index contributed by atoms with van der Waals surface area (Å²) in [6, 6.07) is 14.1. The highest BCUT2D eigenvalue weighted by Gasteiger charge is 2.15. The highest BCUT2D eigenvalue weighted by molar-refractivity contribution is 6.04. The zero-order chi connectivity index (χ0) is 19.5. The van der Waals surface area contributed by atoms with Gasteiger partial charge in [-0.05, 0) is 36.4 Å². The summed E-state index contributed by atoms with van der Waals surface area (Å²) < 4.78 is 0.946. The molecule has 3 aromatic heterocycles. The zero-order valence-corrected chi connectivity index (χ0v) is 14.6. The first kappa shape index (κ1) is 17.3. The van der Waals surface area contributed by atoms with E-state index in [4.69, 9.17) is 0 Å². The van der Waals surface area contributed by atoms with Crippen molar-refractivity contribution in [3.05, 3.63) is 99.2 Å². The van der Waals surface area contributed by atoms with E-state index >= 15 is 0 Å². The molecule has 0 bridgehead atoms. The lowest BCUT2D eigenvalue weighted by atomic mass is 10.2. The number of rotatable bonds is 4. The van der Waals surface area contributed by atoms with Crippen LogP contribution in [0, 0.1) is 0 Å². The molecule has 138 valence electrons. The molecule has 4 aromatic rings. The van der Waals surface area contributed by atoms with Crippen LogP contribution >= 0.6 is 0 Å². The SMILES string of the molecule is O=C(Nc1ccc2ncccc2c1)c1c[nH]c(=O)n(Cc2ccccn2)c1=O. The van der Waals surface area contributed by atoms with Crippen molar-refractivity contribution in [3.63, 3.8) is 0 Å². The first-order valence-electron chi connectivity index (χ1n) is 8.50. The predicted octanol–water partition coefficient (Wildman–Crippen LogP) is 1.78. The smallest absolute Gasteiger partial charge is 0.322 e. The van der Waals surface area contributed by atoms with Gasteiger partial charge in [0, 0.05) is 29.7 Å². The van der Waals surface area contributed by atoms with Crippen LogP contribution in [0.5, 0.6) is 0 Å². The quantitative estimate of drug-likeness (QED) is 0.567. The molecule has 8 heteroatoms. The van der Waals surface area contributed by atoms with Crippen molar-refractivity contribution in [2.24, 2.45) is 0 Å². The van der Waals surface area contributed by atoms with Gasteiger partial charge in [-0.2, -0.15) is 0 Å². The Balaban J connectivity index is 1.64. The molecule has 0 radical (unpaired) electrons. The number of nitrogens with one attached hydrogen (secondary N) is 2. The van der Waals surface area contributed by atoms with Crippen LogP contribution in [0.15, 0.2) is 76.7 Å². The summed E-state index contributed by atoms with van der Waals surface area (Å²) in [5.41, 5.74) is 0.393. The minimum absolute atomic E-state index is 0.0300. The molecule has 0 spiro atoms. The fourth-order valence-corrected chi connectivity index (χ4v) is 2.82. The minimum atomic E-state index is -0.686. The third-order valence-corrected chi connectivity index (χ3v) is 4.21. The lowest BCUT2D eigenvalue weighted by molar-refractivity contribution is 0.102. The Labute approximate surface area is 158 Å². The third kappa shape index (κ3) is 3.43. The first-order chi connectivity index (χ1) is 13.6. The summed E-state index contributed by atoms with van der Waals surface area (Å²) in [5.74, 6) is -0.612. The number of H-pyrrole nitrogens is 1. The number of benzene rings is 1. The van der Waals surface area contributed by atoms with Crippen LogP contribution in [0.2, 0.25) is 0 Å². The lowest BCUT2D eigenvalue weighted by Gasteiger charge is -2.08. The third-order valence-electron chi connectivity index (χ3n) is 4.21. The predicted molar refractivity (Wildman–Crippen MR) is 104 cm³/mol. The standard InChI is InChI=1S/C20H15N5O3/c26-18(24-14-6-7-17-13(10-14)4-3-9-22-17)16-11-23-20(28)25(19(16)27)12-15-5-1-2-8-21-15/h1-11H,12H2,(H,23,28)(H,24,26). The molecule has 3 heterocycles. The molecule has 8 nitrogen and oxygen atoms in total. The number of hydrogen-bond donors (Lipinski definition) is 2. The monoisotopic (exact) mass is 373 g/mol. The van der Waals surface area contributed by atoms with Crippen molar-refractivity contribution in [2.45, 2.75) is 6.54 Å². The van der Waals surface area contributed by atoms with Crippen LogP contribution in [0.1, 0.15) is 16.1 Å². The number of pyridine rings is 2. The average molecular weight is 373 g/mol. The van der Waals surface area contributed by atoms with Gasteiger partial charge in [-0.15, -0.1) is 0 Å². The summed E-state index contributed by atoms with van der Waals surface area (Å²) in [5, 5.41) is 3.54. The van der Waals surface area contributed by atoms with Crippen molar-refractivity contribution in [3.8, 4) is 0 Å². The lowest BCUT2D eigenvalue weighted by Crippen LogP contribution is -2.39. The number of nitrogens with zero attached hydrogens (tertiary/aromatic N) is 3. The largest absolute Gasteiger partial charge is 0.328 e. The van der Waals surface area contributed by atoms with Gasteiger partial charge in [-0.3, -0.25) is 24.1 Å². The van der Waals surface area contributed by atoms with E-state index in [0.29, 0.717) is 11.4 Å². The molecule has 0 unspecified atom stereocenters. The van der Waals surface area contributed by atoms with Gasteiger partial charge in [0.05, 0.1) is 17.8 Å². The number of anilines is 1. The molecule has 0 aliphatic carbocycles. The molecule has 2 N–H and O–H groups in total. The molecule has 0 fully saturated rings. The normalized spacial score (nSPS) is 10.7. The Hall–Kier alpha value is -4.07. The van der Waals surface area contributed by atoms with E-state index in [1.54, 1.807) is 54.9 Å². The fourth-order valence-electron chi connectivity index (χ4n) is 2.82. The van der Waals surface area contributed by atoms with Crippen molar-refractivity contribution in [1.29, 1.82) is 0 Å². The molecule has 0 aliphatic rings. The second-order valence-electron chi connectivity index (χ2n) is 6.08. The molecule has 0 saturated heterocycles. The van der Waals surface area contributed by atoms with Crippen molar-refractivity contribution >= 4 is 22.5 Å². The van der Waals surface area contributed by atoms with Crippen molar-refractivity contribution in [1.82, 2.24) is 19.5 Å². The van der Waals surface area contributed by atoms with E-state index in [9.17, 15) is 14.4 Å². The maximum Gasteiger partial charge on any atom is 0.328 e. The highest BCUT2D eigenvalue weighted by atomic mass is 16.2. The zero-order valence-electron chi connectivity index (χ0n) is 14.6. The van der Waals surface area contributed by atoms with Crippen LogP contribution in [-0.2, 0) is 6.54 Å². The molecule has 28 heavy (non-hydrogen) atoms. The van der Waals surface area contributed by atoms with Crippen LogP contribution in [-0.4, -0.2) is 25.4 Å². The first-order valence-corrected chi connectivity index (χ1v) is 8.50. The Morgan fingerprint density at radius 2 is 1.89 bits per heavy atom. The Morgan fingerprint density at radius 1 is 1.04 bits per heavy atom. The topological polar surface area (TPSA) is 110 Å². The number of amides is 1. The number of carbonyl (C=O) groups is 1. The van der Waals surface area contributed by atoms with E-state index in [1.807, 2.05) is 6.07 Å². The van der Waals surface area contributed by atoms with Gasteiger partial charge in [0.25, 0.3) is 11.5 Å². The molecule has 4 rings (SSSR count). The molecule has 0 atom stereocenters. The van der Waals surface area contributed by atoms with E-state index in [1.165, 1.54) is 0 Å². The minimum Gasteiger partial charge on any atom is -0.322 e. The van der Waals surface area contributed by atoms with Gasteiger partial charge >= 0.3 is 5.69 Å².